The number of fused-ring (bicyclic) bond motifs is 1. The Bertz CT molecular complexity index is 853. The molecule has 0 unspecified atom stereocenters. The zero-order valence-electron chi connectivity index (χ0n) is 10.6. The van der Waals surface area contributed by atoms with Crippen LogP contribution in [0.3, 0.4) is 0 Å². The number of hydrogen-bond acceptors (Lipinski definition) is 4. The van der Waals surface area contributed by atoms with Crippen LogP contribution in [0.25, 0.3) is 16.9 Å². The third-order valence-electron chi connectivity index (χ3n) is 2.92. The summed E-state index contributed by atoms with van der Waals surface area (Å²) in [5, 5.41) is 2.73. The second kappa shape index (κ2) is 4.68. The van der Waals surface area contributed by atoms with E-state index in [1.807, 2.05) is 18.2 Å². The van der Waals surface area contributed by atoms with Crippen LogP contribution in [-0.4, -0.2) is 21.7 Å². The maximum atomic E-state index is 12.0. The van der Waals surface area contributed by atoms with Gasteiger partial charge < -0.3 is 10.5 Å². The molecule has 20 heavy (non-hydrogen) atoms. The van der Waals surface area contributed by atoms with Crippen molar-refractivity contribution in [3.05, 3.63) is 45.2 Å². The Kier molecular flexibility index (Phi) is 2.98. The van der Waals surface area contributed by atoms with Crippen molar-refractivity contribution in [1.82, 2.24) is 14.6 Å². The Morgan fingerprint density at radius 2 is 2.15 bits per heavy atom. The number of methoxy groups -OCH3 is 1. The zero-order valence-corrected chi connectivity index (χ0v) is 12.1. The average molecular weight is 335 g/mol. The maximum Gasteiger partial charge on any atom is 0.273 e. The van der Waals surface area contributed by atoms with E-state index >= 15 is 0 Å². The maximum absolute atomic E-state index is 12.0. The van der Waals surface area contributed by atoms with E-state index in [1.54, 1.807) is 13.2 Å². The minimum Gasteiger partial charge on any atom is -0.496 e. The molecule has 3 N–H and O–H groups in total. The highest BCUT2D eigenvalue weighted by atomic mass is 79.9. The monoisotopic (exact) mass is 334 g/mol. The number of nitrogens with one attached hydrogen (secondary N) is 1. The highest BCUT2D eigenvalue weighted by Gasteiger charge is 2.09. The number of ether oxygens (including phenoxy) is 1. The van der Waals surface area contributed by atoms with Crippen LogP contribution in [0.5, 0.6) is 5.75 Å². The van der Waals surface area contributed by atoms with Crippen LogP contribution in [0.2, 0.25) is 0 Å². The van der Waals surface area contributed by atoms with Gasteiger partial charge in [0.1, 0.15) is 11.6 Å². The molecule has 3 aromatic rings. The highest BCUT2D eigenvalue weighted by molar-refractivity contribution is 9.10. The van der Waals surface area contributed by atoms with Crippen molar-refractivity contribution in [2.75, 3.05) is 12.8 Å². The largest absolute Gasteiger partial charge is 0.496 e. The summed E-state index contributed by atoms with van der Waals surface area (Å²) in [7, 11) is 1.60. The third kappa shape index (κ3) is 2.05. The molecule has 0 aliphatic carbocycles. The Balaban J connectivity index is 2.19. The van der Waals surface area contributed by atoms with E-state index in [0.717, 1.165) is 15.8 Å². The third-order valence-corrected chi connectivity index (χ3v) is 3.54. The average Bonchev–Trinajstić information content (AvgIpc) is 2.79. The van der Waals surface area contributed by atoms with Gasteiger partial charge in [-0.25, -0.2) is 4.98 Å². The lowest BCUT2D eigenvalue weighted by atomic mass is 10.1. The van der Waals surface area contributed by atoms with Crippen LogP contribution < -0.4 is 16.0 Å². The molecule has 2 heterocycles. The van der Waals surface area contributed by atoms with E-state index < -0.39 is 0 Å². The Hall–Kier alpha value is -2.28. The molecule has 0 saturated carbocycles. The first-order valence-electron chi connectivity index (χ1n) is 5.80. The van der Waals surface area contributed by atoms with E-state index in [2.05, 4.69) is 26.0 Å². The van der Waals surface area contributed by atoms with Crippen molar-refractivity contribution in [1.29, 1.82) is 0 Å². The van der Waals surface area contributed by atoms with Crippen molar-refractivity contribution in [2.45, 2.75) is 0 Å². The topological polar surface area (TPSA) is 85.4 Å². The predicted molar refractivity (Wildman–Crippen MR) is 79.9 cm³/mol. The summed E-state index contributed by atoms with van der Waals surface area (Å²) in [6.07, 6.45) is 0. The number of nitrogen functional groups attached to an aromatic ring is 1. The summed E-state index contributed by atoms with van der Waals surface area (Å²) < 4.78 is 7.28. The molecule has 0 radical (unpaired) electrons. The van der Waals surface area contributed by atoms with Gasteiger partial charge in [0.05, 0.1) is 17.3 Å². The number of aromatic nitrogens is 3. The number of hydrogen-bond donors (Lipinski definition) is 2. The van der Waals surface area contributed by atoms with Crippen molar-refractivity contribution < 1.29 is 4.74 Å². The fourth-order valence-electron chi connectivity index (χ4n) is 1.98. The van der Waals surface area contributed by atoms with Crippen LogP contribution in [0, 0.1) is 0 Å². The molecule has 0 fully saturated rings. The summed E-state index contributed by atoms with van der Waals surface area (Å²) >= 11 is 3.41. The molecule has 0 aliphatic heterocycles. The molecule has 0 amide bonds. The van der Waals surface area contributed by atoms with E-state index in [9.17, 15) is 4.79 Å². The van der Waals surface area contributed by atoms with Crippen molar-refractivity contribution in [3.8, 4) is 17.0 Å². The van der Waals surface area contributed by atoms with E-state index in [0.29, 0.717) is 17.2 Å². The summed E-state index contributed by atoms with van der Waals surface area (Å²) in [6.45, 7) is 0. The van der Waals surface area contributed by atoms with Gasteiger partial charge in [0, 0.05) is 17.7 Å². The molecular formula is C13H11BrN4O2. The van der Waals surface area contributed by atoms with Crippen LogP contribution in [-0.2, 0) is 0 Å². The molecular weight excluding hydrogens is 324 g/mol. The number of nitrogens with two attached hydrogens (primary N) is 1. The van der Waals surface area contributed by atoms with Gasteiger partial charge >= 0.3 is 0 Å². The lowest BCUT2D eigenvalue weighted by Crippen LogP contribution is -2.14. The van der Waals surface area contributed by atoms with Crippen LogP contribution >= 0.6 is 15.9 Å². The minimum absolute atomic E-state index is 0.214. The lowest BCUT2D eigenvalue weighted by Gasteiger charge is -2.06. The summed E-state index contributed by atoms with van der Waals surface area (Å²) in [5.74, 6) is 1.11. The standard InChI is InChI=1S/C13H11BrN4O2/c1-20-10-3-2-7(4-8(10)14)9-5-13(19)18-12(16-9)6-11(15)17-18/h2-6,17H,15H2,1H3. The van der Waals surface area contributed by atoms with Crippen LogP contribution in [0.15, 0.2) is 39.6 Å². The first-order chi connectivity index (χ1) is 9.58. The summed E-state index contributed by atoms with van der Waals surface area (Å²) in [5.41, 5.74) is 7.30. The highest BCUT2D eigenvalue weighted by Crippen LogP contribution is 2.29. The van der Waals surface area contributed by atoms with Gasteiger partial charge in [-0.3, -0.25) is 9.89 Å². The SMILES string of the molecule is COc1ccc(-c2cc(=O)n3[nH]c(N)cc3n2)cc1Br. The molecule has 7 heteroatoms. The quantitative estimate of drug-likeness (QED) is 0.750. The van der Waals surface area contributed by atoms with Gasteiger partial charge in [-0.15, -0.1) is 0 Å². The molecule has 3 rings (SSSR count). The summed E-state index contributed by atoms with van der Waals surface area (Å²) in [4.78, 5) is 16.4. The number of anilines is 1. The zero-order chi connectivity index (χ0) is 14.3. The van der Waals surface area contributed by atoms with Gasteiger partial charge in [-0.05, 0) is 34.1 Å². The second-order valence-electron chi connectivity index (χ2n) is 4.23. The molecule has 0 spiro atoms. The molecule has 0 saturated heterocycles. The minimum atomic E-state index is -0.214. The Morgan fingerprint density at radius 1 is 1.35 bits per heavy atom. The second-order valence-corrected chi connectivity index (χ2v) is 5.09. The first kappa shape index (κ1) is 12.7. The number of rotatable bonds is 2. The van der Waals surface area contributed by atoms with Gasteiger partial charge in [0.25, 0.3) is 5.56 Å². The lowest BCUT2D eigenvalue weighted by molar-refractivity contribution is 0.412. The fraction of sp³-hybridized carbons (Fsp3) is 0.0769. The molecule has 6 nitrogen and oxygen atoms in total. The van der Waals surface area contributed by atoms with Gasteiger partial charge in [0.2, 0.25) is 0 Å². The number of nitrogens with zero attached hydrogens (tertiary/aromatic N) is 2. The van der Waals surface area contributed by atoms with Crippen molar-refractivity contribution in [2.24, 2.45) is 0 Å². The van der Waals surface area contributed by atoms with Gasteiger partial charge in [-0.2, -0.15) is 4.52 Å². The number of benzene rings is 1. The Morgan fingerprint density at radius 3 is 2.85 bits per heavy atom. The summed E-state index contributed by atoms with van der Waals surface area (Å²) in [6, 6.07) is 8.58. The molecule has 0 bridgehead atoms. The smallest absolute Gasteiger partial charge is 0.273 e. The molecule has 1 aromatic carbocycles. The molecule has 0 atom stereocenters. The number of aromatic amines is 1. The van der Waals surface area contributed by atoms with Crippen LogP contribution in [0.1, 0.15) is 0 Å². The van der Waals surface area contributed by atoms with E-state index in [-0.39, 0.29) is 5.56 Å². The normalized spacial score (nSPS) is 10.9. The number of H-pyrrole nitrogens is 1. The Labute approximate surface area is 122 Å². The molecule has 0 aliphatic rings. The van der Waals surface area contributed by atoms with Crippen molar-refractivity contribution >= 4 is 27.4 Å². The fourth-order valence-corrected chi connectivity index (χ4v) is 2.52. The van der Waals surface area contributed by atoms with E-state index in [4.69, 9.17) is 10.5 Å². The van der Waals surface area contributed by atoms with Crippen molar-refractivity contribution in [3.63, 3.8) is 0 Å². The number of halogens is 1. The molecule has 102 valence electrons. The molecule has 2 aromatic heterocycles. The first-order valence-corrected chi connectivity index (χ1v) is 6.60. The van der Waals surface area contributed by atoms with Gasteiger partial charge in [0.15, 0.2) is 5.65 Å². The van der Waals surface area contributed by atoms with E-state index in [1.165, 1.54) is 10.6 Å². The van der Waals surface area contributed by atoms with Crippen LogP contribution in [0.4, 0.5) is 5.82 Å². The predicted octanol–water partition coefficient (Wildman–Crippen LogP) is 2.04. The van der Waals surface area contributed by atoms with Gasteiger partial charge in [-0.1, -0.05) is 0 Å².